The van der Waals surface area contributed by atoms with E-state index >= 15 is 0 Å². The first kappa shape index (κ1) is 26.2. The molecular formula is C28H30ClFN2O3. The summed E-state index contributed by atoms with van der Waals surface area (Å²) in [6.45, 7) is 4.44. The average molecular weight is 497 g/mol. The highest BCUT2D eigenvalue weighted by molar-refractivity contribution is 6.32. The van der Waals surface area contributed by atoms with E-state index in [1.807, 2.05) is 30.3 Å². The van der Waals surface area contributed by atoms with E-state index in [9.17, 15) is 14.0 Å². The molecule has 0 aliphatic rings. The molecule has 0 heterocycles. The van der Waals surface area contributed by atoms with Crippen LogP contribution in [0.1, 0.15) is 37.4 Å². The zero-order chi connectivity index (χ0) is 25.2. The number of benzene rings is 3. The number of nitrogens with one attached hydrogen (secondary N) is 1. The maximum absolute atomic E-state index is 13.5. The second-order valence-corrected chi connectivity index (χ2v) is 9.06. The summed E-state index contributed by atoms with van der Waals surface area (Å²) in [6.07, 6.45) is 0.814. The fraction of sp³-hybridized carbons (Fsp3) is 0.286. The number of carbonyl (C=O) groups is 2. The van der Waals surface area contributed by atoms with Gasteiger partial charge in [-0.25, -0.2) is 4.39 Å². The van der Waals surface area contributed by atoms with E-state index in [1.165, 1.54) is 17.0 Å². The van der Waals surface area contributed by atoms with Crippen molar-refractivity contribution < 1.29 is 18.7 Å². The van der Waals surface area contributed by atoms with Crippen molar-refractivity contribution in [2.75, 3.05) is 13.2 Å². The van der Waals surface area contributed by atoms with E-state index in [0.29, 0.717) is 34.4 Å². The van der Waals surface area contributed by atoms with Gasteiger partial charge in [-0.1, -0.05) is 80.0 Å². The first-order chi connectivity index (χ1) is 16.8. The quantitative estimate of drug-likeness (QED) is 0.365. The monoisotopic (exact) mass is 496 g/mol. The van der Waals surface area contributed by atoms with Crippen LogP contribution >= 0.6 is 11.6 Å². The minimum Gasteiger partial charge on any atom is -0.482 e. The summed E-state index contributed by atoms with van der Waals surface area (Å²) in [7, 11) is 0. The van der Waals surface area contributed by atoms with Crippen molar-refractivity contribution in [1.82, 2.24) is 10.2 Å². The molecule has 0 saturated heterocycles. The van der Waals surface area contributed by atoms with Gasteiger partial charge in [-0.15, -0.1) is 0 Å². The molecular weight excluding hydrogens is 467 g/mol. The lowest BCUT2D eigenvalue weighted by atomic mass is 10.0. The van der Waals surface area contributed by atoms with E-state index < -0.39 is 11.9 Å². The number of para-hydroxylation sites is 1. The van der Waals surface area contributed by atoms with Gasteiger partial charge < -0.3 is 15.0 Å². The van der Waals surface area contributed by atoms with Gasteiger partial charge in [0.05, 0.1) is 5.02 Å². The molecule has 1 N–H and O–H groups in total. The molecule has 0 saturated carbocycles. The summed E-state index contributed by atoms with van der Waals surface area (Å²) in [5.74, 6) is -0.264. The number of halogens is 2. The van der Waals surface area contributed by atoms with E-state index in [2.05, 4.69) is 19.2 Å². The Bertz CT molecular complexity index is 1110. The van der Waals surface area contributed by atoms with Crippen LogP contribution in [0.4, 0.5) is 4.39 Å². The van der Waals surface area contributed by atoms with Crippen LogP contribution in [0.3, 0.4) is 0 Å². The third-order valence-electron chi connectivity index (χ3n) is 5.47. The molecule has 0 unspecified atom stereocenters. The largest absolute Gasteiger partial charge is 0.482 e. The van der Waals surface area contributed by atoms with Crippen LogP contribution < -0.4 is 10.1 Å². The Kier molecular flexibility index (Phi) is 9.67. The van der Waals surface area contributed by atoms with Gasteiger partial charge in [-0.2, -0.15) is 0 Å². The lowest BCUT2D eigenvalue weighted by molar-refractivity contribution is -0.143. The molecule has 2 amide bonds. The Morgan fingerprint density at radius 2 is 1.63 bits per heavy atom. The Labute approximate surface area is 210 Å². The summed E-state index contributed by atoms with van der Waals surface area (Å²) < 4.78 is 19.2. The molecule has 0 aliphatic heterocycles. The third-order valence-corrected chi connectivity index (χ3v) is 5.78. The maximum Gasteiger partial charge on any atom is 0.261 e. The molecule has 0 aliphatic carbocycles. The van der Waals surface area contributed by atoms with Crippen molar-refractivity contribution in [3.8, 4) is 5.75 Å². The predicted octanol–water partition coefficient (Wildman–Crippen LogP) is 5.79. The normalized spacial score (nSPS) is 11.7. The Morgan fingerprint density at radius 3 is 2.29 bits per heavy atom. The number of hydrogen-bond donors (Lipinski definition) is 1. The van der Waals surface area contributed by atoms with Crippen LogP contribution in [0.5, 0.6) is 5.75 Å². The summed E-state index contributed by atoms with van der Waals surface area (Å²) in [4.78, 5) is 28.4. The lowest BCUT2D eigenvalue weighted by Gasteiger charge is -2.31. The van der Waals surface area contributed by atoms with Gasteiger partial charge in [0.1, 0.15) is 17.6 Å². The minimum atomic E-state index is -0.893. The molecule has 5 nitrogen and oxygen atoms in total. The molecule has 7 heteroatoms. The fourth-order valence-electron chi connectivity index (χ4n) is 3.58. The first-order valence-electron chi connectivity index (χ1n) is 11.6. The molecule has 0 aromatic heterocycles. The third kappa shape index (κ3) is 7.82. The summed E-state index contributed by atoms with van der Waals surface area (Å²) in [5, 5.41) is 3.36. The van der Waals surface area contributed by atoms with Gasteiger partial charge in [0.25, 0.3) is 5.91 Å². The SMILES string of the molecule is CC(C)CCNC(=O)[C@H](c1ccccc1)N(Cc1ccc(F)cc1)C(=O)COc1ccccc1Cl. The van der Waals surface area contributed by atoms with Gasteiger partial charge in [-0.05, 0) is 47.7 Å². The van der Waals surface area contributed by atoms with Gasteiger partial charge in [0, 0.05) is 13.1 Å². The molecule has 0 fully saturated rings. The highest BCUT2D eigenvalue weighted by atomic mass is 35.5. The Balaban J connectivity index is 1.91. The number of nitrogens with zero attached hydrogens (tertiary/aromatic N) is 1. The predicted molar refractivity (Wildman–Crippen MR) is 136 cm³/mol. The smallest absolute Gasteiger partial charge is 0.261 e. The van der Waals surface area contributed by atoms with E-state index in [-0.39, 0.29) is 24.9 Å². The van der Waals surface area contributed by atoms with Crippen molar-refractivity contribution in [2.24, 2.45) is 5.92 Å². The van der Waals surface area contributed by atoms with Crippen molar-refractivity contribution in [3.05, 3.63) is 101 Å². The first-order valence-corrected chi connectivity index (χ1v) is 12.0. The van der Waals surface area contributed by atoms with E-state index in [4.69, 9.17) is 16.3 Å². The second kappa shape index (κ2) is 12.9. The maximum atomic E-state index is 13.5. The summed E-state index contributed by atoms with van der Waals surface area (Å²) >= 11 is 6.17. The molecule has 3 rings (SSSR count). The average Bonchev–Trinajstić information content (AvgIpc) is 2.84. The fourth-order valence-corrected chi connectivity index (χ4v) is 3.77. The van der Waals surface area contributed by atoms with E-state index in [0.717, 1.165) is 6.42 Å². The standard InChI is InChI=1S/C28H30ClFN2O3/c1-20(2)16-17-31-28(34)27(22-8-4-3-5-9-22)32(18-21-12-14-23(30)15-13-21)26(33)19-35-25-11-7-6-10-24(25)29/h3-15,20,27H,16-19H2,1-2H3,(H,31,34)/t27-/m0/s1. The number of amides is 2. The van der Waals surface area contributed by atoms with Crippen LogP contribution in [-0.4, -0.2) is 29.9 Å². The lowest BCUT2D eigenvalue weighted by Crippen LogP contribution is -2.45. The molecule has 184 valence electrons. The van der Waals surface area contributed by atoms with Crippen LogP contribution in [0.15, 0.2) is 78.9 Å². The number of carbonyl (C=O) groups excluding carboxylic acids is 2. The zero-order valence-electron chi connectivity index (χ0n) is 19.9. The summed E-state index contributed by atoms with van der Waals surface area (Å²) in [5.41, 5.74) is 1.36. The van der Waals surface area contributed by atoms with Crippen molar-refractivity contribution >= 4 is 23.4 Å². The van der Waals surface area contributed by atoms with Crippen LogP contribution in [0.2, 0.25) is 5.02 Å². The Hall–Kier alpha value is -3.38. The minimum absolute atomic E-state index is 0.0994. The van der Waals surface area contributed by atoms with Crippen molar-refractivity contribution in [3.63, 3.8) is 0 Å². The number of ether oxygens (including phenoxy) is 1. The molecule has 1 atom stereocenters. The molecule has 35 heavy (non-hydrogen) atoms. The van der Waals surface area contributed by atoms with Gasteiger partial charge in [0.15, 0.2) is 6.61 Å². The number of hydrogen-bond acceptors (Lipinski definition) is 3. The van der Waals surface area contributed by atoms with Crippen molar-refractivity contribution in [1.29, 1.82) is 0 Å². The molecule has 0 spiro atoms. The highest BCUT2D eigenvalue weighted by Gasteiger charge is 2.31. The van der Waals surface area contributed by atoms with Crippen LogP contribution in [-0.2, 0) is 16.1 Å². The zero-order valence-corrected chi connectivity index (χ0v) is 20.7. The second-order valence-electron chi connectivity index (χ2n) is 8.65. The molecule has 0 radical (unpaired) electrons. The number of rotatable bonds is 11. The molecule has 3 aromatic rings. The Morgan fingerprint density at radius 1 is 0.971 bits per heavy atom. The molecule has 3 aromatic carbocycles. The topological polar surface area (TPSA) is 58.6 Å². The van der Waals surface area contributed by atoms with Gasteiger partial charge in [0.2, 0.25) is 5.91 Å². The molecule has 0 bridgehead atoms. The van der Waals surface area contributed by atoms with Crippen LogP contribution in [0, 0.1) is 11.7 Å². The summed E-state index contributed by atoms with van der Waals surface area (Å²) in [6, 6.07) is 21.0. The van der Waals surface area contributed by atoms with Gasteiger partial charge >= 0.3 is 0 Å². The van der Waals surface area contributed by atoms with Gasteiger partial charge in [-0.3, -0.25) is 9.59 Å². The van der Waals surface area contributed by atoms with Crippen molar-refractivity contribution in [2.45, 2.75) is 32.9 Å². The highest BCUT2D eigenvalue weighted by Crippen LogP contribution is 2.26. The van der Waals surface area contributed by atoms with E-state index in [1.54, 1.807) is 36.4 Å². The van der Waals surface area contributed by atoms with Crippen LogP contribution in [0.25, 0.3) is 0 Å².